The molecule has 0 radical (unpaired) electrons. The van der Waals surface area contributed by atoms with Crippen molar-refractivity contribution in [3.8, 4) is 0 Å². The molecule has 0 atom stereocenters. The number of aromatic nitrogens is 1. The van der Waals surface area contributed by atoms with Gasteiger partial charge in [-0.15, -0.1) is 0 Å². The molecule has 1 aliphatic rings. The van der Waals surface area contributed by atoms with E-state index in [4.69, 9.17) is 0 Å². The lowest BCUT2D eigenvalue weighted by atomic mass is 10.1. The lowest BCUT2D eigenvalue weighted by Gasteiger charge is -2.11. The van der Waals surface area contributed by atoms with E-state index in [0.29, 0.717) is 0 Å². The summed E-state index contributed by atoms with van der Waals surface area (Å²) in [4.78, 5) is 4.17. The van der Waals surface area contributed by atoms with Gasteiger partial charge in [-0.3, -0.25) is 4.98 Å². The van der Waals surface area contributed by atoms with Gasteiger partial charge in [0.2, 0.25) is 0 Å². The van der Waals surface area contributed by atoms with Crippen LogP contribution in [-0.2, 0) is 6.54 Å². The maximum Gasteiger partial charge on any atom is 0.0569 e. The fraction of sp³-hybridized carbons (Fsp3) is 0.182. The highest BCUT2D eigenvalue weighted by molar-refractivity contribution is 5.90. The van der Waals surface area contributed by atoms with Crippen LogP contribution in [0.25, 0.3) is 10.8 Å². The maximum absolute atomic E-state index is 4.17. The Hall–Kier alpha value is -1.61. The summed E-state index contributed by atoms with van der Waals surface area (Å²) in [6.45, 7) is 0.898. The number of hydrogen-bond acceptors (Lipinski definition) is 3. The summed E-state index contributed by atoms with van der Waals surface area (Å²) in [7, 11) is 2.04. The number of pyridine rings is 1. The molecule has 1 aromatic heterocycles. The summed E-state index contributed by atoms with van der Waals surface area (Å²) < 4.78 is 0. The monoisotopic (exact) mass is 185 g/mol. The first-order chi connectivity index (χ1) is 6.86. The van der Waals surface area contributed by atoms with Gasteiger partial charge >= 0.3 is 0 Å². The van der Waals surface area contributed by atoms with Crippen LogP contribution in [0.3, 0.4) is 0 Å². The number of nitrogens with zero attached hydrogens (tertiary/aromatic N) is 2. The first-order valence-corrected chi connectivity index (χ1v) is 4.69. The van der Waals surface area contributed by atoms with Gasteiger partial charge in [0.1, 0.15) is 0 Å². The van der Waals surface area contributed by atoms with Gasteiger partial charge in [-0.2, -0.15) is 0 Å². The summed E-state index contributed by atoms with van der Waals surface area (Å²) in [6.07, 6.45) is 3.77. The molecular weight excluding hydrogens is 174 g/mol. The molecule has 1 aromatic carbocycles. The van der Waals surface area contributed by atoms with Crippen molar-refractivity contribution >= 4 is 16.5 Å². The molecule has 70 valence electrons. The molecule has 14 heavy (non-hydrogen) atoms. The smallest absolute Gasteiger partial charge is 0.0569 e. The molecule has 3 heteroatoms. The van der Waals surface area contributed by atoms with Crippen LogP contribution in [0.15, 0.2) is 30.6 Å². The van der Waals surface area contributed by atoms with E-state index in [0.717, 1.165) is 6.54 Å². The summed E-state index contributed by atoms with van der Waals surface area (Å²) in [6, 6.07) is 6.34. The average Bonchev–Trinajstić information content (AvgIpc) is 2.61. The van der Waals surface area contributed by atoms with Gasteiger partial charge in [-0.1, -0.05) is 6.07 Å². The lowest BCUT2D eigenvalue weighted by molar-refractivity contribution is 0.736. The van der Waals surface area contributed by atoms with Crippen molar-refractivity contribution in [3.05, 3.63) is 36.2 Å². The highest BCUT2D eigenvalue weighted by Gasteiger charge is 2.16. The number of benzene rings is 1. The second kappa shape index (κ2) is 2.69. The third kappa shape index (κ3) is 0.930. The van der Waals surface area contributed by atoms with Crippen molar-refractivity contribution in [3.63, 3.8) is 0 Å². The predicted molar refractivity (Wildman–Crippen MR) is 57.0 cm³/mol. The number of anilines is 1. The fourth-order valence-corrected chi connectivity index (χ4v) is 1.99. The Morgan fingerprint density at radius 2 is 2.29 bits per heavy atom. The van der Waals surface area contributed by atoms with E-state index in [1.54, 1.807) is 0 Å². The molecule has 0 spiro atoms. The topological polar surface area (TPSA) is 28.2 Å². The Morgan fingerprint density at radius 1 is 1.36 bits per heavy atom. The molecule has 2 heterocycles. The van der Waals surface area contributed by atoms with E-state index in [1.807, 2.05) is 25.5 Å². The van der Waals surface area contributed by atoms with Gasteiger partial charge < -0.3 is 5.01 Å². The van der Waals surface area contributed by atoms with Gasteiger partial charge in [0.25, 0.3) is 0 Å². The Bertz CT molecular complexity index is 493. The second-order valence-corrected chi connectivity index (χ2v) is 3.55. The van der Waals surface area contributed by atoms with Gasteiger partial charge in [-0.25, -0.2) is 5.43 Å². The highest BCUT2D eigenvalue weighted by Crippen LogP contribution is 2.30. The van der Waals surface area contributed by atoms with Crippen molar-refractivity contribution in [2.24, 2.45) is 0 Å². The molecule has 2 aromatic rings. The van der Waals surface area contributed by atoms with Crippen molar-refractivity contribution in [1.29, 1.82) is 0 Å². The highest BCUT2D eigenvalue weighted by atomic mass is 15.5. The van der Waals surface area contributed by atoms with Crippen LogP contribution in [-0.4, -0.2) is 12.0 Å². The lowest BCUT2D eigenvalue weighted by Crippen LogP contribution is -2.26. The summed E-state index contributed by atoms with van der Waals surface area (Å²) in [5, 5.41) is 4.57. The van der Waals surface area contributed by atoms with E-state index >= 15 is 0 Å². The molecular formula is C11H11N3. The molecule has 0 saturated heterocycles. The molecule has 1 aliphatic heterocycles. The molecule has 3 nitrogen and oxygen atoms in total. The molecule has 0 saturated carbocycles. The molecule has 0 unspecified atom stereocenters. The Morgan fingerprint density at radius 3 is 3.21 bits per heavy atom. The maximum atomic E-state index is 4.17. The number of fused-ring (bicyclic) bond motifs is 3. The van der Waals surface area contributed by atoms with Gasteiger partial charge in [-0.05, 0) is 17.5 Å². The van der Waals surface area contributed by atoms with Crippen LogP contribution in [0.2, 0.25) is 0 Å². The summed E-state index contributed by atoms with van der Waals surface area (Å²) in [5.74, 6) is 0. The van der Waals surface area contributed by atoms with Crippen molar-refractivity contribution < 1.29 is 0 Å². The normalized spacial score (nSPS) is 14.8. The van der Waals surface area contributed by atoms with Crippen LogP contribution in [0.1, 0.15) is 5.56 Å². The minimum absolute atomic E-state index is 0.898. The van der Waals surface area contributed by atoms with Crippen LogP contribution in [0, 0.1) is 0 Å². The number of rotatable bonds is 0. The Kier molecular flexibility index (Phi) is 1.49. The minimum Gasteiger partial charge on any atom is -0.311 e. The zero-order chi connectivity index (χ0) is 9.54. The summed E-state index contributed by atoms with van der Waals surface area (Å²) in [5.41, 5.74) is 5.88. The standard InChI is InChI=1S/C11H11N3/c1-14-11-3-2-8-4-5-12-6-9(8)10(11)7-13-14/h2-6,13H,7H2,1H3. The summed E-state index contributed by atoms with van der Waals surface area (Å²) >= 11 is 0. The van der Waals surface area contributed by atoms with E-state index in [9.17, 15) is 0 Å². The first kappa shape index (κ1) is 7.76. The van der Waals surface area contributed by atoms with Crippen LogP contribution in [0.4, 0.5) is 5.69 Å². The molecule has 3 rings (SSSR count). The van der Waals surface area contributed by atoms with Gasteiger partial charge in [0, 0.05) is 36.9 Å². The molecule has 1 N–H and O–H groups in total. The van der Waals surface area contributed by atoms with Crippen molar-refractivity contribution in [1.82, 2.24) is 10.4 Å². The average molecular weight is 185 g/mol. The number of nitrogens with one attached hydrogen (secondary N) is 1. The predicted octanol–water partition coefficient (Wildman–Crippen LogP) is 1.69. The number of hydrazine groups is 1. The van der Waals surface area contributed by atoms with E-state index in [2.05, 4.69) is 27.6 Å². The van der Waals surface area contributed by atoms with Crippen LogP contribution in [0.5, 0.6) is 0 Å². The molecule has 0 amide bonds. The third-order valence-electron chi connectivity index (χ3n) is 2.76. The van der Waals surface area contributed by atoms with E-state index < -0.39 is 0 Å². The third-order valence-corrected chi connectivity index (χ3v) is 2.76. The molecule has 0 aliphatic carbocycles. The fourth-order valence-electron chi connectivity index (χ4n) is 1.99. The minimum atomic E-state index is 0.898. The largest absolute Gasteiger partial charge is 0.311 e. The van der Waals surface area contributed by atoms with E-state index in [-0.39, 0.29) is 0 Å². The SMILES string of the molecule is CN1NCc2c1ccc1ccncc21. The van der Waals surface area contributed by atoms with Crippen LogP contribution >= 0.6 is 0 Å². The second-order valence-electron chi connectivity index (χ2n) is 3.55. The quantitative estimate of drug-likeness (QED) is 0.677. The Labute approximate surface area is 82.3 Å². The van der Waals surface area contributed by atoms with Gasteiger partial charge in [0.15, 0.2) is 0 Å². The number of hydrogen-bond donors (Lipinski definition) is 1. The van der Waals surface area contributed by atoms with E-state index in [1.165, 1.54) is 22.0 Å². The molecule has 0 bridgehead atoms. The zero-order valence-electron chi connectivity index (χ0n) is 7.99. The van der Waals surface area contributed by atoms with Crippen LogP contribution < -0.4 is 10.4 Å². The van der Waals surface area contributed by atoms with Crippen molar-refractivity contribution in [2.75, 3.05) is 12.1 Å². The Balaban J connectivity index is 2.38. The first-order valence-electron chi connectivity index (χ1n) is 4.69. The van der Waals surface area contributed by atoms with Crippen molar-refractivity contribution in [2.45, 2.75) is 6.54 Å². The van der Waals surface area contributed by atoms with Gasteiger partial charge in [0.05, 0.1) is 5.69 Å². The zero-order valence-corrected chi connectivity index (χ0v) is 7.99. The molecule has 0 fully saturated rings.